The fraction of sp³-hybridized carbons (Fsp3) is 0.286. The molecule has 0 saturated carbocycles. The quantitative estimate of drug-likeness (QED) is 0.854. The van der Waals surface area contributed by atoms with Gasteiger partial charge in [-0.05, 0) is 11.1 Å². The maximum atomic E-state index is 12.0. The first-order valence-electron chi connectivity index (χ1n) is 6.24. The van der Waals surface area contributed by atoms with Crippen LogP contribution in [0.15, 0.2) is 30.5 Å². The first-order chi connectivity index (χ1) is 9.60. The molecule has 0 atom stereocenters. The Morgan fingerprint density at radius 3 is 2.85 bits per heavy atom. The number of aryl methyl sites for hydroxylation is 1. The van der Waals surface area contributed by atoms with Crippen LogP contribution in [0.25, 0.3) is 0 Å². The van der Waals surface area contributed by atoms with E-state index in [1.807, 2.05) is 24.3 Å². The normalized spacial score (nSPS) is 10.5. The molecule has 1 aromatic heterocycles. The molecule has 0 saturated heterocycles. The predicted octanol–water partition coefficient (Wildman–Crippen LogP) is 1.08. The smallest absolute Gasteiger partial charge is 0.274 e. The molecule has 20 heavy (non-hydrogen) atoms. The average molecular weight is 274 g/mol. The van der Waals surface area contributed by atoms with Crippen LogP contribution in [0.3, 0.4) is 0 Å². The van der Waals surface area contributed by atoms with Gasteiger partial charge >= 0.3 is 0 Å². The lowest BCUT2D eigenvalue weighted by Gasteiger charge is -2.06. The third-order valence-electron chi connectivity index (χ3n) is 2.83. The number of amides is 1. The number of aromatic nitrogens is 2. The lowest BCUT2D eigenvalue weighted by molar-refractivity contribution is 0.0946. The molecule has 3 N–H and O–H groups in total. The Morgan fingerprint density at radius 2 is 2.20 bits per heavy atom. The summed E-state index contributed by atoms with van der Waals surface area (Å²) in [7, 11) is 3.37. The van der Waals surface area contributed by atoms with Crippen LogP contribution in [0.2, 0.25) is 0 Å². The van der Waals surface area contributed by atoms with Crippen molar-refractivity contribution in [1.82, 2.24) is 15.1 Å². The van der Waals surface area contributed by atoms with Crippen molar-refractivity contribution >= 4 is 11.6 Å². The number of carbonyl (C=O) groups is 1. The number of carbonyl (C=O) groups excluding carboxylic acids is 1. The molecular weight excluding hydrogens is 256 g/mol. The number of benzene rings is 1. The van der Waals surface area contributed by atoms with E-state index in [9.17, 15) is 4.79 Å². The molecule has 0 bridgehead atoms. The van der Waals surface area contributed by atoms with Gasteiger partial charge in [-0.15, -0.1) is 0 Å². The zero-order chi connectivity index (χ0) is 14.5. The highest BCUT2D eigenvalue weighted by Gasteiger charge is 2.13. The number of anilines is 1. The Bertz CT molecular complexity index is 607. The number of methoxy groups -OCH3 is 1. The van der Waals surface area contributed by atoms with Gasteiger partial charge in [0.05, 0.1) is 12.3 Å². The molecule has 106 valence electrons. The highest BCUT2D eigenvalue weighted by atomic mass is 16.5. The number of ether oxygens (including phenoxy) is 1. The lowest BCUT2D eigenvalue weighted by atomic mass is 10.1. The SMILES string of the molecule is COCc1cccc(CNC(=O)c2nn(C)cc2N)c1. The van der Waals surface area contributed by atoms with Crippen LogP contribution in [0.1, 0.15) is 21.6 Å². The van der Waals surface area contributed by atoms with E-state index in [1.54, 1.807) is 20.4 Å². The summed E-state index contributed by atoms with van der Waals surface area (Å²) in [5.74, 6) is -0.278. The average Bonchev–Trinajstić information content (AvgIpc) is 2.76. The van der Waals surface area contributed by atoms with Gasteiger partial charge in [-0.3, -0.25) is 9.48 Å². The van der Waals surface area contributed by atoms with E-state index >= 15 is 0 Å². The number of nitrogens with two attached hydrogens (primary N) is 1. The third-order valence-corrected chi connectivity index (χ3v) is 2.83. The topological polar surface area (TPSA) is 82.2 Å². The van der Waals surface area contributed by atoms with E-state index in [4.69, 9.17) is 10.5 Å². The van der Waals surface area contributed by atoms with Gasteiger partial charge < -0.3 is 15.8 Å². The molecule has 0 spiro atoms. The molecule has 0 fully saturated rings. The fourth-order valence-electron chi connectivity index (χ4n) is 1.95. The van der Waals surface area contributed by atoms with Crippen LogP contribution in [-0.2, 0) is 24.9 Å². The summed E-state index contributed by atoms with van der Waals surface area (Å²) in [6, 6.07) is 7.85. The summed E-state index contributed by atoms with van der Waals surface area (Å²) >= 11 is 0. The van der Waals surface area contributed by atoms with Gasteiger partial charge in [0.1, 0.15) is 0 Å². The minimum atomic E-state index is -0.278. The van der Waals surface area contributed by atoms with Gasteiger partial charge in [0.2, 0.25) is 0 Å². The summed E-state index contributed by atoms with van der Waals surface area (Å²) in [6.45, 7) is 0.974. The third kappa shape index (κ3) is 3.36. The van der Waals surface area contributed by atoms with E-state index in [0.29, 0.717) is 18.8 Å². The van der Waals surface area contributed by atoms with Crippen LogP contribution in [0.5, 0.6) is 0 Å². The maximum Gasteiger partial charge on any atom is 0.274 e. The molecule has 0 radical (unpaired) electrons. The largest absolute Gasteiger partial charge is 0.396 e. The van der Waals surface area contributed by atoms with Gasteiger partial charge in [-0.1, -0.05) is 24.3 Å². The zero-order valence-corrected chi connectivity index (χ0v) is 11.6. The molecule has 0 aliphatic heterocycles. The van der Waals surface area contributed by atoms with Gasteiger partial charge in [-0.2, -0.15) is 5.10 Å². The van der Waals surface area contributed by atoms with Crippen molar-refractivity contribution in [2.24, 2.45) is 7.05 Å². The maximum absolute atomic E-state index is 12.0. The molecule has 6 heteroatoms. The number of hydrogen-bond donors (Lipinski definition) is 2. The molecular formula is C14H18N4O2. The molecule has 1 heterocycles. The standard InChI is InChI=1S/C14H18N4O2/c1-18-8-12(15)13(17-18)14(19)16-7-10-4-3-5-11(6-10)9-20-2/h3-6,8H,7,9,15H2,1-2H3,(H,16,19). The monoisotopic (exact) mass is 274 g/mol. The van der Waals surface area contributed by atoms with E-state index in [-0.39, 0.29) is 11.6 Å². The summed E-state index contributed by atoms with van der Waals surface area (Å²) < 4.78 is 6.60. The van der Waals surface area contributed by atoms with Crippen molar-refractivity contribution in [3.63, 3.8) is 0 Å². The van der Waals surface area contributed by atoms with Crippen molar-refractivity contribution in [2.45, 2.75) is 13.2 Å². The Morgan fingerprint density at radius 1 is 1.45 bits per heavy atom. The fourth-order valence-corrected chi connectivity index (χ4v) is 1.95. The highest BCUT2D eigenvalue weighted by Crippen LogP contribution is 2.09. The van der Waals surface area contributed by atoms with E-state index in [1.165, 1.54) is 4.68 Å². The molecule has 1 aromatic carbocycles. The first kappa shape index (κ1) is 14.1. The number of nitrogen functional groups attached to an aromatic ring is 1. The summed E-state index contributed by atoms with van der Waals surface area (Å²) in [4.78, 5) is 12.0. The van der Waals surface area contributed by atoms with E-state index in [0.717, 1.165) is 11.1 Å². The molecule has 6 nitrogen and oxygen atoms in total. The molecule has 0 aliphatic carbocycles. The van der Waals surface area contributed by atoms with Crippen molar-refractivity contribution in [3.05, 3.63) is 47.3 Å². The van der Waals surface area contributed by atoms with Gasteiger partial charge in [-0.25, -0.2) is 0 Å². The van der Waals surface area contributed by atoms with Gasteiger partial charge in [0.15, 0.2) is 5.69 Å². The van der Waals surface area contributed by atoms with Gasteiger partial charge in [0.25, 0.3) is 5.91 Å². The Kier molecular flexibility index (Phi) is 4.37. The van der Waals surface area contributed by atoms with Crippen LogP contribution >= 0.6 is 0 Å². The predicted molar refractivity (Wildman–Crippen MR) is 75.9 cm³/mol. The molecule has 2 rings (SSSR count). The number of hydrogen-bond acceptors (Lipinski definition) is 4. The minimum absolute atomic E-state index is 0.251. The minimum Gasteiger partial charge on any atom is -0.396 e. The van der Waals surface area contributed by atoms with E-state index in [2.05, 4.69) is 10.4 Å². The van der Waals surface area contributed by atoms with Gasteiger partial charge in [0, 0.05) is 26.9 Å². The Labute approximate surface area is 117 Å². The van der Waals surface area contributed by atoms with E-state index < -0.39 is 0 Å². The first-order valence-corrected chi connectivity index (χ1v) is 6.24. The van der Waals surface area contributed by atoms with Crippen LogP contribution in [0.4, 0.5) is 5.69 Å². The number of nitrogens with one attached hydrogen (secondary N) is 1. The number of nitrogens with zero attached hydrogens (tertiary/aromatic N) is 2. The zero-order valence-electron chi connectivity index (χ0n) is 11.6. The van der Waals surface area contributed by atoms with Crippen molar-refractivity contribution in [3.8, 4) is 0 Å². The summed E-state index contributed by atoms with van der Waals surface area (Å²) in [5, 5.41) is 6.83. The van der Waals surface area contributed by atoms with Crippen molar-refractivity contribution < 1.29 is 9.53 Å². The second kappa shape index (κ2) is 6.21. The van der Waals surface area contributed by atoms with Crippen molar-refractivity contribution in [2.75, 3.05) is 12.8 Å². The highest BCUT2D eigenvalue weighted by molar-refractivity contribution is 5.96. The van der Waals surface area contributed by atoms with Crippen molar-refractivity contribution in [1.29, 1.82) is 0 Å². The van der Waals surface area contributed by atoms with Crippen LogP contribution in [-0.4, -0.2) is 22.8 Å². The number of rotatable bonds is 5. The molecule has 0 aliphatic rings. The second-order valence-electron chi connectivity index (χ2n) is 4.54. The summed E-state index contributed by atoms with van der Waals surface area (Å²) in [6.07, 6.45) is 1.61. The molecule has 1 amide bonds. The molecule has 2 aromatic rings. The van der Waals surface area contributed by atoms with Crippen LogP contribution in [0, 0.1) is 0 Å². The Balaban J connectivity index is 1.99. The van der Waals surface area contributed by atoms with Crippen LogP contribution < -0.4 is 11.1 Å². The second-order valence-corrected chi connectivity index (χ2v) is 4.54. The lowest BCUT2D eigenvalue weighted by Crippen LogP contribution is -2.24. The summed E-state index contributed by atoms with van der Waals surface area (Å²) in [5.41, 5.74) is 8.41. The molecule has 0 unspecified atom stereocenters. The Hall–Kier alpha value is -2.34.